The Morgan fingerprint density at radius 1 is 0.676 bits per heavy atom. The summed E-state index contributed by atoms with van der Waals surface area (Å²) in [5.74, 6) is -0.340. The van der Waals surface area contributed by atoms with Crippen molar-refractivity contribution >= 4 is 23.0 Å². The van der Waals surface area contributed by atoms with Crippen molar-refractivity contribution in [2.75, 3.05) is 11.5 Å². The summed E-state index contributed by atoms with van der Waals surface area (Å²) in [4.78, 5) is 13.9. The van der Waals surface area contributed by atoms with E-state index < -0.39 is 0 Å². The van der Waals surface area contributed by atoms with E-state index in [0.717, 1.165) is 33.8 Å². The van der Waals surface area contributed by atoms with Crippen molar-refractivity contribution in [1.29, 1.82) is 0 Å². The van der Waals surface area contributed by atoms with Gasteiger partial charge < -0.3 is 9.64 Å². The van der Waals surface area contributed by atoms with E-state index in [4.69, 9.17) is 4.74 Å². The number of benzene rings is 4. The largest absolute Gasteiger partial charge is 0.462 e. The fourth-order valence-corrected chi connectivity index (χ4v) is 4.23. The molecule has 0 aliphatic heterocycles. The van der Waals surface area contributed by atoms with Gasteiger partial charge in [0.2, 0.25) is 0 Å². The minimum absolute atomic E-state index is 0.340. The van der Waals surface area contributed by atoms with Crippen LogP contribution in [0, 0.1) is 27.7 Å². The summed E-state index contributed by atoms with van der Waals surface area (Å²) in [7, 11) is 0. The maximum atomic E-state index is 11.6. The van der Waals surface area contributed by atoms with Crippen molar-refractivity contribution in [1.82, 2.24) is 0 Å². The molecule has 4 aromatic carbocycles. The van der Waals surface area contributed by atoms with Crippen LogP contribution in [0.3, 0.4) is 0 Å². The van der Waals surface area contributed by atoms with Gasteiger partial charge in [0.05, 0.1) is 6.61 Å². The summed E-state index contributed by atoms with van der Waals surface area (Å²) < 4.78 is 5.22. The lowest BCUT2D eigenvalue weighted by molar-refractivity contribution is -0.138. The molecule has 0 unspecified atom stereocenters. The van der Waals surface area contributed by atoms with Gasteiger partial charge in [-0.05, 0) is 110 Å². The maximum absolute atomic E-state index is 11.6. The predicted octanol–water partition coefficient (Wildman–Crippen LogP) is 8.72. The number of carbonyl (C=O) groups excluding carboxylic acids is 1. The molecule has 0 fully saturated rings. The lowest BCUT2D eigenvalue weighted by atomic mass is 10.0. The highest BCUT2D eigenvalue weighted by Crippen LogP contribution is 2.37. The van der Waals surface area contributed by atoms with Crippen molar-refractivity contribution in [3.05, 3.63) is 125 Å². The van der Waals surface area contributed by atoms with Crippen molar-refractivity contribution in [2.45, 2.75) is 41.0 Å². The smallest absolute Gasteiger partial charge is 0.333 e. The van der Waals surface area contributed by atoms with E-state index in [1.807, 2.05) is 0 Å². The van der Waals surface area contributed by atoms with Crippen LogP contribution in [0.2, 0.25) is 0 Å². The van der Waals surface area contributed by atoms with Crippen LogP contribution in [0.1, 0.15) is 34.7 Å². The standard InChI is InChI=1S/C34H35NO2/c1-23(2)34(36)37-20-19-28-9-11-29(12-10-28)30-13-17-31(18-14-30)35(32-15-7-24(3)26(5)21-32)33-16-8-25(4)27(6)22-33/h7-18,21-22H,1,19-20H2,2-6H3. The molecule has 0 radical (unpaired) electrons. The topological polar surface area (TPSA) is 29.5 Å². The molecule has 0 amide bonds. The first-order valence-electron chi connectivity index (χ1n) is 12.7. The third-order valence-electron chi connectivity index (χ3n) is 6.88. The van der Waals surface area contributed by atoms with E-state index in [9.17, 15) is 4.79 Å². The summed E-state index contributed by atoms with van der Waals surface area (Å²) in [5, 5.41) is 0. The number of hydrogen-bond donors (Lipinski definition) is 0. The van der Waals surface area contributed by atoms with Gasteiger partial charge in [-0.2, -0.15) is 0 Å². The molecule has 3 heteroatoms. The summed E-state index contributed by atoms with van der Waals surface area (Å²) in [5.41, 5.74) is 12.4. The fraction of sp³-hybridized carbons (Fsp3) is 0.206. The lowest BCUT2D eigenvalue weighted by Gasteiger charge is -2.27. The molecule has 37 heavy (non-hydrogen) atoms. The van der Waals surface area contributed by atoms with Crippen molar-refractivity contribution in [2.24, 2.45) is 0 Å². The van der Waals surface area contributed by atoms with Crippen LogP contribution in [0.25, 0.3) is 11.1 Å². The normalized spacial score (nSPS) is 10.7. The van der Waals surface area contributed by atoms with E-state index in [2.05, 4.69) is 124 Å². The monoisotopic (exact) mass is 489 g/mol. The van der Waals surface area contributed by atoms with Gasteiger partial charge in [-0.3, -0.25) is 0 Å². The summed E-state index contributed by atoms with van der Waals surface area (Å²) >= 11 is 0. The minimum Gasteiger partial charge on any atom is -0.462 e. The van der Waals surface area contributed by atoms with E-state index in [-0.39, 0.29) is 5.97 Å². The van der Waals surface area contributed by atoms with Gasteiger partial charge in [0.25, 0.3) is 0 Å². The number of esters is 1. The Balaban J connectivity index is 1.58. The first kappa shape index (κ1) is 26.0. The van der Waals surface area contributed by atoms with E-state index >= 15 is 0 Å². The SMILES string of the molecule is C=C(C)C(=O)OCCc1ccc(-c2ccc(N(c3ccc(C)c(C)c3)c3ccc(C)c(C)c3)cc2)cc1. The van der Waals surface area contributed by atoms with Gasteiger partial charge in [-0.25, -0.2) is 4.79 Å². The second-order valence-electron chi connectivity index (χ2n) is 9.78. The maximum Gasteiger partial charge on any atom is 0.333 e. The number of anilines is 3. The Bertz CT molecular complexity index is 1360. The second-order valence-corrected chi connectivity index (χ2v) is 9.78. The molecule has 0 saturated heterocycles. The Labute approximate surface area is 221 Å². The molecule has 0 saturated carbocycles. The molecular formula is C34H35NO2. The van der Waals surface area contributed by atoms with Gasteiger partial charge in [0, 0.05) is 29.1 Å². The van der Waals surface area contributed by atoms with Gasteiger partial charge in [-0.1, -0.05) is 55.1 Å². The Morgan fingerprint density at radius 3 is 1.59 bits per heavy atom. The number of hydrogen-bond acceptors (Lipinski definition) is 3. The van der Waals surface area contributed by atoms with E-state index in [1.54, 1.807) is 6.92 Å². The van der Waals surface area contributed by atoms with Crippen molar-refractivity contribution in [3.8, 4) is 11.1 Å². The van der Waals surface area contributed by atoms with Gasteiger partial charge >= 0.3 is 5.97 Å². The number of ether oxygens (including phenoxy) is 1. The number of rotatable bonds is 8. The van der Waals surface area contributed by atoms with Crippen LogP contribution in [-0.2, 0) is 16.0 Å². The average molecular weight is 490 g/mol. The van der Waals surface area contributed by atoms with E-state index in [0.29, 0.717) is 18.6 Å². The Hall–Kier alpha value is -4.11. The second kappa shape index (κ2) is 11.3. The predicted molar refractivity (Wildman–Crippen MR) is 155 cm³/mol. The quantitative estimate of drug-likeness (QED) is 0.183. The molecule has 188 valence electrons. The molecule has 0 spiro atoms. The van der Waals surface area contributed by atoms with Gasteiger partial charge in [-0.15, -0.1) is 0 Å². The third kappa shape index (κ3) is 6.18. The minimum atomic E-state index is -0.340. The first-order valence-corrected chi connectivity index (χ1v) is 12.7. The van der Waals surface area contributed by atoms with Crippen molar-refractivity contribution < 1.29 is 9.53 Å². The Kier molecular flexibility index (Phi) is 7.93. The highest BCUT2D eigenvalue weighted by molar-refractivity contribution is 5.87. The molecule has 0 aromatic heterocycles. The lowest BCUT2D eigenvalue weighted by Crippen LogP contribution is -2.10. The number of carbonyl (C=O) groups is 1. The highest BCUT2D eigenvalue weighted by Gasteiger charge is 2.14. The van der Waals surface area contributed by atoms with Crippen LogP contribution in [0.4, 0.5) is 17.1 Å². The molecule has 3 nitrogen and oxygen atoms in total. The summed E-state index contributed by atoms with van der Waals surface area (Å²) in [6.45, 7) is 14.2. The first-order chi connectivity index (χ1) is 17.7. The van der Waals surface area contributed by atoms with Crippen LogP contribution in [0.5, 0.6) is 0 Å². The van der Waals surface area contributed by atoms with Gasteiger partial charge in [0.15, 0.2) is 0 Å². The number of nitrogens with zero attached hydrogens (tertiary/aromatic N) is 1. The van der Waals surface area contributed by atoms with Crippen LogP contribution >= 0.6 is 0 Å². The van der Waals surface area contributed by atoms with E-state index in [1.165, 1.54) is 22.3 Å². The summed E-state index contributed by atoms with van der Waals surface area (Å²) in [6, 6.07) is 30.4. The molecule has 0 bridgehead atoms. The zero-order valence-electron chi connectivity index (χ0n) is 22.5. The van der Waals surface area contributed by atoms with Crippen LogP contribution in [-0.4, -0.2) is 12.6 Å². The third-order valence-corrected chi connectivity index (χ3v) is 6.88. The van der Waals surface area contributed by atoms with Crippen LogP contribution in [0.15, 0.2) is 97.1 Å². The summed E-state index contributed by atoms with van der Waals surface area (Å²) in [6.07, 6.45) is 0.680. The molecule has 0 aliphatic carbocycles. The van der Waals surface area contributed by atoms with Gasteiger partial charge in [0.1, 0.15) is 0 Å². The molecule has 0 heterocycles. The molecular weight excluding hydrogens is 454 g/mol. The average Bonchev–Trinajstić information content (AvgIpc) is 2.89. The number of aryl methyl sites for hydroxylation is 4. The molecule has 4 aromatic rings. The zero-order valence-corrected chi connectivity index (χ0v) is 22.5. The highest BCUT2D eigenvalue weighted by atomic mass is 16.5. The zero-order chi connectivity index (χ0) is 26.5. The molecule has 0 N–H and O–H groups in total. The molecule has 0 atom stereocenters. The molecule has 4 rings (SSSR count). The molecule has 0 aliphatic rings. The van der Waals surface area contributed by atoms with Crippen molar-refractivity contribution in [3.63, 3.8) is 0 Å². The van der Waals surface area contributed by atoms with Crippen LogP contribution < -0.4 is 4.90 Å². The fourth-order valence-electron chi connectivity index (χ4n) is 4.23. The Morgan fingerprint density at radius 2 is 1.14 bits per heavy atom.